The van der Waals surface area contributed by atoms with E-state index in [0.717, 1.165) is 6.66 Å². The first-order valence-electron chi connectivity index (χ1n) is 2.64. The summed E-state index contributed by atoms with van der Waals surface area (Å²) in [4.78, 5) is 31.1. The fourth-order valence-corrected chi connectivity index (χ4v) is 0. The lowest BCUT2D eigenvalue weighted by atomic mass is 11.0. The van der Waals surface area contributed by atoms with E-state index in [1.807, 2.05) is 0 Å². The molecule has 0 saturated heterocycles. The molecule has 8 heteroatoms. The fraction of sp³-hybridized carbons (Fsp3) is 1.00. The quantitative estimate of drug-likeness (QED) is 0.448. The average molecular weight is 206 g/mol. The zero-order valence-corrected chi connectivity index (χ0v) is 8.00. The molecule has 0 rings (SSSR count). The molecule has 0 atom stereocenters. The van der Waals surface area contributed by atoms with Crippen LogP contribution in [0.1, 0.15) is 6.92 Å². The average Bonchev–Trinajstić information content (AvgIpc) is 1.59. The van der Waals surface area contributed by atoms with Crippen LogP contribution in [-0.4, -0.2) is 32.4 Å². The van der Waals surface area contributed by atoms with Crippen molar-refractivity contribution >= 4 is 15.2 Å². The van der Waals surface area contributed by atoms with Crippen LogP contribution in [0.3, 0.4) is 0 Å². The first-order chi connectivity index (χ1) is 4.56. The summed E-state index contributed by atoms with van der Waals surface area (Å²) in [5, 5.41) is 0. The molecule has 0 heterocycles. The van der Waals surface area contributed by atoms with Crippen molar-refractivity contribution in [2.24, 2.45) is 0 Å². The summed E-state index contributed by atoms with van der Waals surface area (Å²) in [7, 11) is -7.29. The molecule has 0 unspecified atom stereocenters. The van der Waals surface area contributed by atoms with Gasteiger partial charge in [-0.2, -0.15) is 0 Å². The predicted octanol–water partition coefficient (Wildman–Crippen LogP) is -0.0221. The van der Waals surface area contributed by atoms with Gasteiger partial charge in [-0.3, -0.25) is 9.13 Å². The molecular formula is C3H12O6P2. The molecule has 0 aliphatic heterocycles. The van der Waals surface area contributed by atoms with Crippen molar-refractivity contribution in [2.75, 3.05) is 12.8 Å². The summed E-state index contributed by atoms with van der Waals surface area (Å²) < 4.78 is 19.0. The third-order valence-electron chi connectivity index (χ3n) is 0.412. The van der Waals surface area contributed by atoms with Gasteiger partial charge in [-0.1, -0.05) is 6.92 Å². The molecule has 0 aromatic rings. The van der Waals surface area contributed by atoms with Crippen molar-refractivity contribution in [2.45, 2.75) is 6.92 Å². The van der Waals surface area contributed by atoms with Crippen LogP contribution in [0.2, 0.25) is 0 Å². The van der Waals surface area contributed by atoms with Gasteiger partial charge in [-0.05, 0) is 0 Å². The van der Waals surface area contributed by atoms with Crippen molar-refractivity contribution in [1.29, 1.82) is 0 Å². The van der Waals surface area contributed by atoms with Crippen molar-refractivity contribution in [3.8, 4) is 0 Å². The molecule has 0 aromatic heterocycles. The van der Waals surface area contributed by atoms with Gasteiger partial charge in [0, 0.05) is 12.8 Å². The molecule has 11 heavy (non-hydrogen) atoms. The SMILES string of the molecule is CCP(=O)(O)O.CP(=O)(O)O. The zero-order chi connectivity index (χ0) is 9.71. The van der Waals surface area contributed by atoms with E-state index in [1.165, 1.54) is 6.92 Å². The second kappa shape index (κ2) is 5.04. The van der Waals surface area contributed by atoms with Crippen molar-refractivity contribution in [3.63, 3.8) is 0 Å². The molecule has 0 spiro atoms. The highest BCUT2D eigenvalue weighted by Crippen LogP contribution is 2.32. The third-order valence-corrected chi connectivity index (χ3v) is 1.24. The Hall–Kier alpha value is 0.300. The van der Waals surface area contributed by atoms with Gasteiger partial charge in [0.1, 0.15) is 0 Å². The van der Waals surface area contributed by atoms with E-state index < -0.39 is 15.2 Å². The summed E-state index contributed by atoms with van der Waals surface area (Å²) >= 11 is 0. The van der Waals surface area contributed by atoms with E-state index >= 15 is 0 Å². The van der Waals surface area contributed by atoms with E-state index in [0.29, 0.717) is 0 Å². The highest BCUT2D eigenvalue weighted by Gasteiger charge is 2.05. The van der Waals surface area contributed by atoms with Crippen molar-refractivity contribution < 1.29 is 28.7 Å². The summed E-state index contributed by atoms with van der Waals surface area (Å²) in [6, 6.07) is 0. The number of rotatable bonds is 1. The van der Waals surface area contributed by atoms with Gasteiger partial charge < -0.3 is 19.6 Å². The maximum atomic E-state index is 9.69. The van der Waals surface area contributed by atoms with E-state index in [4.69, 9.17) is 19.6 Å². The highest BCUT2D eigenvalue weighted by atomic mass is 31.2. The van der Waals surface area contributed by atoms with Gasteiger partial charge in [0.25, 0.3) is 0 Å². The third kappa shape index (κ3) is 65.2. The summed E-state index contributed by atoms with van der Waals surface area (Å²) in [6.45, 7) is 2.30. The summed E-state index contributed by atoms with van der Waals surface area (Å²) in [5.41, 5.74) is 0. The molecule has 6 nitrogen and oxygen atoms in total. The topological polar surface area (TPSA) is 115 Å². The Balaban J connectivity index is 0. The van der Waals surface area contributed by atoms with Crippen LogP contribution in [0.5, 0.6) is 0 Å². The van der Waals surface area contributed by atoms with Gasteiger partial charge >= 0.3 is 15.2 Å². The van der Waals surface area contributed by atoms with Crippen molar-refractivity contribution in [1.82, 2.24) is 0 Å². The molecule has 0 amide bonds. The van der Waals surface area contributed by atoms with Crippen LogP contribution in [0.25, 0.3) is 0 Å². The largest absolute Gasteiger partial charge is 0.325 e. The standard InChI is InChI=1S/C2H7O3P.CH5O3P/c1-2-6(3,4)5;1-5(2,3)4/h2H2,1H3,(H2,3,4,5);1H3,(H2,2,3,4). The Kier molecular flexibility index (Phi) is 6.35. The smallest absolute Gasteiger partial charge is 0.325 e. The van der Waals surface area contributed by atoms with Crippen LogP contribution in [0, 0.1) is 0 Å². The van der Waals surface area contributed by atoms with Gasteiger partial charge in [-0.25, -0.2) is 0 Å². The molecule has 70 valence electrons. The van der Waals surface area contributed by atoms with Gasteiger partial charge in [0.05, 0.1) is 0 Å². The lowest BCUT2D eigenvalue weighted by Gasteiger charge is -1.92. The molecule has 0 fully saturated rings. The molecular weight excluding hydrogens is 194 g/mol. The maximum absolute atomic E-state index is 9.69. The van der Waals surface area contributed by atoms with E-state index in [1.54, 1.807) is 0 Å². The van der Waals surface area contributed by atoms with Crippen LogP contribution < -0.4 is 0 Å². The second-order valence-corrected chi connectivity index (χ2v) is 5.45. The molecule has 0 radical (unpaired) electrons. The Morgan fingerprint density at radius 1 is 1.09 bits per heavy atom. The first-order valence-corrected chi connectivity index (χ1v) is 6.49. The Morgan fingerprint density at radius 3 is 1.18 bits per heavy atom. The van der Waals surface area contributed by atoms with Crippen molar-refractivity contribution in [3.05, 3.63) is 0 Å². The van der Waals surface area contributed by atoms with E-state index in [2.05, 4.69) is 0 Å². The molecule has 0 aliphatic carbocycles. The lowest BCUT2D eigenvalue weighted by molar-refractivity contribution is 0.374. The van der Waals surface area contributed by atoms with Crippen LogP contribution in [0.15, 0.2) is 0 Å². The summed E-state index contributed by atoms with van der Waals surface area (Å²) in [6.07, 6.45) is -0.0625. The van der Waals surface area contributed by atoms with E-state index in [9.17, 15) is 9.13 Å². The fourth-order valence-electron chi connectivity index (χ4n) is 0. The minimum Gasteiger partial charge on any atom is -0.325 e. The molecule has 0 aliphatic rings. The molecule has 4 N–H and O–H groups in total. The second-order valence-electron chi connectivity index (χ2n) is 1.82. The summed E-state index contributed by atoms with van der Waals surface area (Å²) in [5.74, 6) is 0. The van der Waals surface area contributed by atoms with Crippen LogP contribution >= 0.6 is 15.2 Å². The molecule has 0 aromatic carbocycles. The lowest BCUT2D eigenvalue weighted by Crippen LogP contribution is -1.76. The zero-order valence-electron chi connectivity index (χ0n) is 6.21. The first kappa shape index (κ1) is 13.9. The maximum Gasteiger partial charge on any atom is 0.325 e. The number of hydrogen-bond donors (Lipinski definition) is 4. The van der Waals surface area contributed by atoms with E-state index in [-0.39, 0.29) is 6.16 Å². The Morgan fingerprint density at radius 2 is 1.18 bits per heavy atom. The van der Waals surface area contributed by atoms with Gasteiger partial charge in [-0.15, -0.1) is 0 Å². The normalized spacial score (nSPS) is 11.8. The van der Waals surface area contributed by atoms with Gasteiger partial charge in [0.2, 0.25) is 0 Å². The monoisotopic (exact) mass is 206 g/mol. The minimum atomic E-state index is -3.65. The van der Waals surface area contributed by atoms with Crippen LogP contribution in [-0.2, 0) is 9.13 Å². The highest BCUT2D eigenvalue weighted by molar-refractivity contribution is 7.51. The Bertz CT molecular complexity index is 168. The molecule has 0 saturated carbocycles. The minimum absolute atomic E-state index is 0.0625. The van der Waals surface area contributed by atoms with Gasteiger partial charge in [0.15, 0.2) is 0 Å². The molecule has 0 bridgehead atoms. The Labute approximate surface area is 64.6 Å². The predicted molar refractivity (Wildman–Crippen MR) is 40.6 cm³/mol. The van der Waals surface area contributed by atoms with Crippen LogP contribution in [0.4, 0.5) is 0 Å². The number of hydrogen-bond acceptors (Lipinski definition) is 2.